The molecule has 0 spiro atoms. The van der Waals surface area contributed by atoms with E-state index in [1.54, 1.807) is 0 Å². The molecule has 0 amide bonds. The third kappa shape index (κ3) is 2.96. The van der Waals surface area contributed by atoms with Crippen LogP contribution in [0.4, 0.5) is 0 Å². The molecule has 0 aliphatic carbocycles. The monoisotopic (exact) mass is 460 g/mol. The van der Waals surface area contributed by atoms with E-state index in [1.165, 1.54) is 5.39 Å². The van der Waals surface area contributed by atoms with Gasteiger partial charge in [-0.1, -0.05) is 64.5 Å². The van der Waals surface area contributed by atoms with Gasteiger partial charge in [-0.2, -0.15) is 0 Å². The lowest BCUT2D eigenvalue weighted by Gasteiger charge is -2.42. The van der Waals surface area contributed by atoms with Gasteiger partial charge in [0.1, 0.15) is 23.2 Å². The number of halogens is 2. The van der Waals surface area contributed by atoms with Crippen LogP contribution in [-0.4, -0.2) is 10.4 Å². The molecule has 0 N–H and O–H groups in total. The van der Waals surface area contributed by atoms with Crippen molar-refractivity contribution in [2.75, 3.05) is 0 Å². The van der Waals surface area contributed by atoms with E-state index in [-0.39, 0.29) is 16.5 Å². The molecule has 2 nitrogen and oxygen atoms in total. The van der Waals surface area contributed by atoms with Crippen LogP contribution >= 0.6 is 31.9 Å². The van der Waals surface area contributed by atoms with Crippen molar-refractivity contribution in [3.05, 3.63) is 70.7 Å². The number of benzene rings is 3. The zero-order chi connectivity index (χ0) is 17.6. The molecular weight excluding hydrogens is 444 g/mol. The Balaban J connectivity index is 1.78. The molecule has 128 valence electrons. The molecular formula is C21H18Br2O2. The maximum Gasteiger partial charge on any atom is 0.144 e. The third-order valence-electron chi connectivity index (χ3n) is 4.61. The molecule has 4 rings (SSSR count). The molecule has 25 heavy (non-hydrogen) atoms. The van der Waals surface area contributed by atoms with Gasteiger partial charge in [0, 0.05) is 5.56 Å². The molecule has 1 aliphatic heterocycles. The Kier molecular flexibility index (Phi) is 4.28. The van der Waals surface area contributed by atoms with Crippen LogP contribution in [0.25, 0.3) is 10.8 Å². The second-order valence-corrected chi connectivity index (χ2v) is 8.56. The van der Waals surface area contributed by atoms with Crippen molar-refractivity contribution in [1.82, 2.24) is 0 Å². The summed E-state index contributed by atoms with van der Waals surface area (Å²) >= 11 is 7.54. The van der Waals surface area contributed by atoms with Crippen LogP contribution < -0.4 is 9.47 Å². The van der Waals surface area contributed by atoms with Gasteiger partial charge >= 0.3 is 0 Å². The smallest absolute Gasteiger partial charge is 0.144 e. The molecule has 0 fully saturated rings. The van der Waals surface area contributed by atoms with Crippen molar-refractivity contribution in [2.45, 2.75) is 30.4 Å². The van der Waals surface area contributed by atoms with E-state index in [0.717, 1.165) is 26.9 Å². The number of hydrogen-bond acceptors (Lipinski definition) is 2. The molecule has 0 unspecified atom stereocenters. The number of hydrogen-bond donors (Lipinski definition) is 0. The highest BCUT2D eigenvalue weighted by atomic mass is 79.9. The highest BCUT2D eigenvalue weighted by Gasteiger charge is 2.43. The minimum Gasteiger partial charge on any atom is -0.486 e. The lowest BCUT2D eigenvalue weighted by molar-refractivity contribution is 0.0327. The van der Waals surface area contributed by atoms with Gasteiger partial charge in [-0.25, -0.2) is 0 Å². The van der Waals surface area contributed by atoms with Crippen LogP contribution in [0, 0.1) is 0 Å². The lowest BCUT2D eigenvalue weighted by Crippen LogP contribution is -2.46. The van der Waals surface area contributed by atoms with E-state index in [1.807, 2.05) is 36.4 Å². The molecule has 2 atom stereocenters. The van der Waals surface area contributed by atoms with E-state index >= 15 is 0 Å². The number of para-hydroxylation sites is 1. The van der Waals surface area contributed by atoms with E-state index in [2.05, 4.69) is 70.0 Å². The van der Waals surface area contributed by atoms with Gasteiger partial charge < -0.3 is 9.47 Å². The van der Waals surface area contributed by atoms with Crippen molar-refractivity contribution in [3.8, 4) is 11.5 Å². The summed E-state index contributed by atoms with van der Waals surface area (Å²) in [5.41, 5.74) is 0.686. The Morgan fingerprint density at radius 2 is 1.68 bits per heavy atom. The average Bonchev–Trinajstić information content (AvgIpc) is 2.61. The number of alkyl halides is 1. The summed E-state index contributed by atoms with van der Waals surface area (Å²) < 4.78 is 13.6. The van der Waals surface area contributed by atoms with Gasteiger partial charge in [0.15, 0.2) is 0 Å². The van der Waals surface area contributed by atoms with Gasteiger partial charge in [-0.15, -0.1) is 0 Å². The molecule has 0 aromatic heterocycles. The predicted molar refractivity (Wildman–Crippen MR) is 109 cm³/mol. The zero-order valence-corrected chi connectivity index (χ0v) is 17.2. The molecule has 1 heterocycles. The number of ether oxygens (including phenoxy) is 2. The highest BCUT2D eigenvalue weighted by molar-refractivity contribution is 9.10. The predicted octanol–water partition coefficient (Wildman–Crippen LogP) is 6.66. The summed E-state index contributed by atoms with van der Waals surface area (Å²) in [4.78, 5) is 0.0215. The number of fused-ring (bicyclic) bond motifs is 2. The average molecular weight is 462 g/mol. The topological polar surface area (TPSA) is 18.5 Å². The van der Waals surface area contributed by atoms with Gasteiger partial charge in [-0.3, -0.25) is 0 Å². The normalized spacial score (nSPS) is 21.4. The first-order valence-corrected chi connectivity index (χ1v) is 9.94. The first-order valence-electron chi connectivity index (χ1n) is 8.23. The number of rotatable bonds is 2. The third-order valence-corrected chi connectivity index (χ3v) is 7.01. The van der Waals surface area contributed by atoms with Crippen molar-refractivity contribution < 1.29 is 9.47 Å². The highest BCUT2D eigenvalue weighted by Crippen LogP contribution is 2.46. The fourth-order valence-electron chi connectivity index (χ4n) is 3.24. The maximum absolute atomic E-state index is 6.49. The molecule has 0 bridgehead atoms. The van der Waals surface area contributed by atoms with Crippen LogP contribution in [0.2, 0.25) is 0 Å². The standard InChI is InChI=1S/C21H18Br2O2/c1-21(2)20(23)19(15-9-5-6-10-16(15)25-21)24-17-12-11-13-7-3-4-8-14(13)18(17)22/h3-12,19-20H,1-2H3/t19-,20+/m1/s1. The van der Waals surface area contributed by atoms with Gasteiger partial charge in [0.2, 0.25) is 0 Å². The summed E-state index contributed by atoms with van der Waals surface area (Å²) in [7, 11) is 0. The fraction of sp³-hybridized carbons (Fsp3) is 0.238. The Morgan fingerprint density at radius 3 is 2.52 bits per heavy atom. The van der Waals surface area contributed by atoms with E-state index < -0.39 is 0 Å². The Bertz CT molecular complexity index is 936. The molecule has 4 heteroatoms. The van der Waals surface area contributed by atoms with Crippen LogP contribution in [-0.2, 0) is 0 Å². The van der Waals surface area contributed by atoms with Crippen LogP contribution in [0.15, 0.2) is 65.1 Å². The molecule has 1 aliphatic rings. The molecule has 3 aromatic carbocycles. The van der Waals surface area contributed by atoms with Crippen LogP contribution in [0.1, 0.15) is 25.5 Å². The SMILES string of the molecule is CC1(C)Oc2ccccc2[C@@H](Oc2ccc3ccccc3c2Br)[C@@H]1Br. The lowest BCUT2D eigenvalue weighted by atomic mass is 9.91. The first kappa shape index (κ1) is 16.9. The summed E-state index contributed by atoms with van der Waals surface area (Å²) in [6.07, 6.45) is -0.141. The summed E-state index contributed by atoms with van der Waals surface area (Å²) in [6.45, 7) is 4.16. The van der Waals surface area contributed by atoms with Crippen molar-refractivity contribution in [3.63, 3.8) is 0 Å². The molecule has 0 saturated carbocycles. The zero-order valence-electron chi connectivity index (χ0n) is 14.0. The molecule has 0 saturated heterocycles. The van der Waals surface area contributed by atoms with Crippen molar-refractivity contribution >= 4 is 42.6 Å². The molecule has 3 aromatic rings. The van der Waals surface area contributed by atoms with E-state index in [9.17, 15) is 0 Å². The maximum atomic E-state index is 6.49. The second kappa shape index (κ2) is 6.33. The van der Waals surface area contributed by atoms with Gasteiger partial charge in [0.25, 0.3) is 0 Å². The van der Waals surface area contributed by atoms with Gasteiger partial charge in [0.05, 0.1) is 9.30 Å². The van der Waals surface area contributed by atoms with Gasteiger partial charge in [-0.05, 0) is 52.7 Å². The summed E-state index contributed by atoms with van der Waals surface area (Å²) in [6, 6.07) is 20.5. The summed E-state index contributed by atoms with van der Waals surface area (Å²) in [5.74, 6) is 1.71. The summed E-state index contributed by atoms with van der Waals surface area (Å²) in [5, 5.41) is 2.33. The van der Waals surface area contributed by atoms with Crippen molar-refractivity contribution in [1.29, 1.82) is 0 Å². The van der Waals surface area contributed by atoms with E-state index in [0.29, 0.717) is 0 Å². The Morgan fingerprint density at radius 1 is 0.960 bits per heavy atom. The quantitative estimate of drug-likeness (QED) is 0.397. The largest absolute Gasteiger partial charge is 0.486 e. The van der Waals surface area contributed by atoms with Crippen LogP contribution in [0.5, 0.6) is 11.5 Å². The van der Waals surface area contributed by atoms with Crippen molar-refractivity contribution in [2.24, 2.45) is 0 Å². The minimum absolute atomic E-state index is 0.0215. The minimum atomic E-state index is -0.373. The Labute approximate surface area is 164 Å². The van der Waals surface area contributed by atoms with Crippen LogP contribution in [0.3, 0.4) is 0 Å². The fourth-order valence-corrected chi connectivity index (χ4v) is 4.31. The second-order valence-electron chi connectivity index (χ2n) is 6.78. The Hall–Kier alpha value is -1.52. The first-order chi connectivity index (χ1) is 12.0. The van der Waals surface area contributed by atoms with E-state index in [4.69, 9.17) is 9.47 Å². The molecule has 0 radical (unpaired) electrons.